The van der Waals surface area contributed by atoms with Gasteiger partial charge in [0.1, 0.15) is 4.60 Å². The van der Waals surface area contributed by atoms with E-state index in [4.69, 9.17) is 16.3 Å². The Bertz CT molecular complexity index is 509. The van der Waals surface area contributed by atoms with E-state index in [0.29, 0.717) is 22.4 Å². The number of pyridine rings is 1. The van der Waals surface area contributed by atoms with E-state index in [1.54, 1.807) is 0 Å². The van der Waals surface area contributed by atoms with Gasteiger partial charge in [-0.15, -0.1) is 11.6 Å². The van der Waals surface area contributed by atoms with Crippen LogP contribution in [0.3, 0.4) is 0 Å². The van der Waals surface area contributed by atoms with Crippen LogP contribution in [0.5, 0.6) is 0 Å². The third-order valence-corrected chi connectivity index (χ3v) is 3.35. The largest absolute Gasteiger partial charge is 0.465 e. The van der Waals surface area contributed by atoms with E-state index < -0.39 is 5.97 Å². The van der Waals surface area contributed by atoms with Crippen LogP contribution in [0.2, 0.25) is 0 Å². The van der Waals surface area contributed by atoms with E-state index in [1.165, 1.54) is 24.3 Å². The molecule has 0 saturated carbocycles. The summed E-state index contributed by atoms with van der Waals surface area (Å²) in [5.74, 6) is -0.636. The van der Waals surface area contributed by atoms with Gasteiger partial charge in [-0.25, -0.2) is 9.78 Å². The molecule has 1 aromatic heterocycles. The fourth-order valence-corrected chi connectivity index (χ4v) is 2.41. The average Bonchev–Trinajstić information content (AvgIpc) is 2.67. The fraction of sp³-hybridized carbons (Fsp3) is 0.364. The number of halogens is 2. The van der Waals surface area contributed by atoms with Gasteiger partial charge in [0.15, 0.2) is 0 Å². The molecule has 96 valence electrons. The van der Waals surface area contributed by atoms with Gasteiger partial charge in [0, 0.05) is 13.0 Å². The van der Waals surface area contributed by atoms with Crippen molar-refractivity contribution in [1.82, 2.24) is 4.98 Å². The van der Waals surface area contributed by atoms with Crippen LogP contribution in [-0.4, -0.2) is 35.9 Å². The summed E-state index contributed by atoms with van der Waals surface area (Å²) in [5, 5.41) is -0.244. The van der Waals surface area contributed by atoms with Gasteiger partial charge in [0.25, 0.3) is 0 Å². The van der Waals surface area contributed by atoms with Crippen molar-refractivity contribution < 1.29 is 14.3 Å². The Balaban J connectivity index is 2.44. The minimum absolute atomic E-state index is 0.121. The number of alkyl halides is 1. The van der Waals surface area contributed by atoms with Gasteiger partial charge < -0.3 is 9.64 Å². The lowest BCUT2D eigenvalue weighted by molar-refractivity contribution is -0.117. The zero-order valence-corrected chi connectivity index (χ0v) is 11.9. The molecule has 5 nitrogen and oxygen atoms in total. The number of rotatable bonds is 2. The number of anilines is 1. The Hall–Kier alpha value is -1.14. The normalized spacial score (nSPS) is 19.2. The third kappa shape index (κ3) is 2.49. The molecule has 0 spiro atoms. The molecule has 1 aliphatic heterocycles. The summed E-state index contributed by atoms with van der Waals surface area (Å²) in [6.07, 6.45) is 1.72. The molecule has 0 aliphatic carbocycles. The van der Waals surface area contributed by atoms with E-state index in [1.807, 2.05) is 0 Å². The van der Waals surface area contributed by atoms with Crippen LogP contribution < -0.4 is 4.90 Å². The lowest BCUT2D eigenvalue weighted by atomic mass is 10.2. The van der Waals surface area contributed by atoms with Crippen LogP contribution in [0.25, 0.3) is 0 Å². The number of hydrogen-bond donors (Lipinski definition) is 0. The van der Waals surface area contributed by atoms with E-state index in [0.717, 1.165) is 0 Å². The number of amides is 1. The summed E-state index contributed by atoms with van der Waals surface area (Å²) in [6, 6.07) is 1.52. The second-order valence-electron chi connectivity index (χ2n) is 3.82. The highest BCUT2D eigenvalue weighted by Crippen LogP contribution is 2.28. The van der Waals surface area contributed by atoms with E-state index in [2.05, 4.69) is 20.9 Å². The van der Waals surface area contributed by atoms with Crippen molar-refractivity contribution in [3.63, 3.8) is 0 Å². The maximum absolute atomic E-state index is 11.8. The number of ether oxygens (including phenoxy) is 1. The van der Waals surface area contributed by atoms with Gasteiger partial charge in [-0.2, -0.15) is 0 Å². The molecule has 0 radical (unpaired) electrons. The second kappa shape index (κ2) is 5.24. The minimum Gasteiger partial charge on any atom is -0.465 e. The maximum atomic E-state index is 11.8. The number of nitrogens with zero attached hydrogens (tertiary/aromatic N) is 2. The van der Waals surface area contributed by atoms with Crippen LogP contribution in [0.4, 0.5) is 5.69 Å². The van der Waals surface area contributed by atoms with Gasteiger partial charge in [0.2, 0.25) is 5.91 Å². The van der Waals surface area contributed by atoms with Crippen molar-refractivity contribution in [2.45, 2.75) is 11.8 Å². The Morgan fingerprint density at radius 3 is 2.94 bits per heavy atom. The first kappa shape index (κ1) is 13.3. The smallest absolute Gasteiger partial charge is 0.340 e. The standard InChI is InChI=1S/C11H10BrClN2O3/c1-18-11(17)7-3-9(12)14-4-8(7)15-5-6(13)2-10(15)16/h3-4,6H,2,5H2,1H3. The monoisotopic (exact) mass is 332 g/mol. The third-order valence-electron chi connectivity index (χ3n) is 2.62. The molecule has 1 aromatic rings. The Kier molecular flexibility index (Phi) is 3.87. The van der Waals surface area contributed by atoms with Gasteiger partial charge in [-0.05, 0) is 22.0 Å². The summed E-state index contributed by atoms with van der Waals surface area (Å²) in [6.45, 7) is 0.369. The highest BCUT2D eigenvalue weighted by Gasteiger charge is 2.32. The summed E-state index contributed by atoms with van der Waals surface area (Å²) < 4.78 is 5.20. The molecule has 7 heteroatoms. The molecule has 1 atom stereocenters. The quantitative estimate of drug-likeness (QED) is 0.472. The van der Waals surface area contributed by atoms with E-state index in [9.17, 15) is 9.59 Å². The van der Waals surface area contributed by atoms with Gasteiger partial charge >= 0.3 is 5.97 Å². The lowest BCUT2D eigenvalue weighted by Crippen LogP contribution is -2.27. The molecule has 0 aromatic carbocycles. The molecule has 1 saturated heterocycles. The topological polar surface area (TPSA) is 59.5 Å². The van der Waals surface area contributed by atoms with Crippen LogP contribution in [0.15, 0.2) is 16.9 Å². The van der Waals surface area contributed by atoms with Gasteiger partial charge in [-0.1, -0.05) is 0 Å². The molecular formula is C11H10BrClN2O3. The summed E-state index contributed by atoms with van der Waals surface area (Å²) in [7, 11) is 1.29. The van der Waals surface area contributed by atoms with Crippen LogP contribution in [0, 0.1) is 0 Å². The Labute approximate surface area is 117 Å². The molecule has 0 N–H and O–H groups in total. The second-order valence-corrected chi connectivity index (χ2v) is 5.25. The molecule has 1 unspecified atom stereocenters. The number of carbonyl (C=O) groups is 2. The molecule has 1 fully saturated rings. The number of carbonyl (C=O) groups excluding carboxylic acids is 2. The SMILES string of the molecule is COC(=O)c1cc(Br)ncc1N1CC(Cl)CC1=O. The molecule has 0 bridgehead atoms. The molecular weight excluding hydrogens is 323 g/mol. The van der Waals surface area contributed by atoms with Crippen molar-refractivity contribution in [1.29, 1.82) is 0 Å². The van der Waals surface area contributed by atoms with E-state index in [-0.39, 0.29) is 17.7 Å². The number of hydrogen-bond acceptors (Lipinski definition) is 4. The van der Waals surface area contributed by atoms with Gasteiger partial charge in [-0.3, -0.25) is 4.79 Å². The molecule has 2 heterocycles. The van der Waals surface area contributed by atoms with Crippen LogP contribution >= 0.6 is 27.5 Å². The van der Waals surface area contributed by atoms with Crippen molar-refractivity contribution in [3.05, 3.63) is 22.4 Å². The minimum atomic E-state index is -0.515. The summed E-state index contributed by atoms with van der Waals surface area (Å²) in [4.78, 5) is 29.0. The molecule has 1 aliphatic rings. The summed E-state index contributed by atoms with van der Waals surface area (Å²) >= 11 is 9.12. The van der Waals surface area contributed by atoms with Crippen LogP contribution in [0.1, 0.15) is 16.8 Å². The van der Waals surface area contributed by atoms with Crippen molar-refractivity contribution in [2.24, 2.45) is 0 Å². The lowest BCUT2D eigenvalue weighted by Gasteiger charge is -2.18. The zero-order chi connectivity index (χ0) is 13.3. The van der Waals surface area contributed by atoms with Gasteiger partial charge in [0.05, 0.1) is 29.9 Å². The van der Waals surface area contributed by atoms with Crippen molar-refractivity contribution in [2.75, 3.05) is 18.6 Å². The number of aromatic nitrogens is 1. The van der Waals surface area contributed by atoms with Crippen molar-refractivity contribution >= 4 is 45.1 Å². The van der Waals surface area contributed by atoms with Crippen LogP contribution in [-0.2, 0) is 9.53 Å². The first-order chi connectivity index (χ1) is 8.52. The fourth-order valence-electron chi connectivity index (χ4n) is 1.81. The predicted octanol–water partition coefficient (Wildman–Crippen LogP) is 1.97. The van der Waals surface area contributed by atoms with E-state index >= 15 is 0 Å². The molecule has 2 rings (SSSR count). The molecule has 1 amide bonds. The number of methoxy groups -OCH3 is 1. The number of esters is 1. The highest BCUT2D eigenvalue weighted by atomic mass is 79.9. The Morgan fingerprint density at radius 2 is 2.39 bits per heavy atom. The average molecular weight is 334 g/mol. The Morgan fingerprint density at radius 1 is 1.67 bits per heavy atom. The first-order valence-corrected chi connectivity index (χ1v) is 6.44. The zero-order valence-electron chi connectivity index (χ0n) is 9.52. The molecule has 18 heavy (non-hydrogen) atoms. The maximum Gasteiger partial charge on any atom is 0.340 e. The summed E-state index contributed by atoms with van der Waals surface area (Å²) in [5.41, 5.74) is 0.719. The first-order valence-electron chi connectivity index (χ1n) is 5.21. The highest BCUT2D eigenvalue weighted by molar-refractivity contribution is 9.10. The van der Waals surface area contributed by atoms with Crippen molar-refractivity contribution in [3.8, 4) is 0 Å². The predicted molar refractivity (Wildman–Crippen MR) is 69.9 cm³/mol.